The highest BCUT2D eigenvalue weighted by Gasteiger charge is 2.13. The number of halogens is 1. The zero-order valence-electron chi connectivity index (χ0n) is 15.3. The van der Waals surface area contributed by atoms with Crippen LogP contribution in [0.5, 0.6) is 11.5 Å². The van der Waals surface area contributed by atoms with Gasteiger partial charge in [0.25, 0.3) is 0 Å². The maximum absolute atomic E-state index is 12.0. The van der Waals surface area contributed by atoms with Gasteiger partial charge in [-0.1, -0.05) is 28.6 Å². The van der Waals surface area contributed by atoms with Crippen LogP contribution in [0.1, 0.15) is 12.5 Å². The van der Waals surface area contributed by atoms with E-state index in [2.05, 4.69) is 38.4 Å². The van der Waals surface area contributed by atoms with E-state index in [9.17, 15) is 9.59 Å². The third-order valence-corrected chi connectivity index (χ3v) is 3.82. The number of hydrazone groups is 1. The van der Waals surface area contributed by atoms with Crippen LogP contribution in [0.25, 0.3) is 0 Å². The summed E-state index contributed by atoms with van der Waals surface area (Å²) >= 11 is 3.36. The van der Waals surface area contributed by atoms with Crippen LogP contribution in [0.15, 0.2) is 64.7 Å². The van der Waals surface area contributed by atoms with Crippen LogP contribution in [-0.4, -0.2) is 31.2 Å². The zero-order valence-corrected chi connectivity index (χ0v) is 16.9. The number of hydrogen-bond acceptors (Lipinski definition) is 5. The first-order valence-corrected chi connectivity index (χ1v) is 9.23. The molecule has 0 aliphatic carbocycles. The second-order valence-corrected chi connectivity index (χ2v) is 6.31. The van der Waals surface area contributed by atoms with Crippen molar-refractivity contribution in [3.63, 3.8) is 0 Å². The zero-order chi connectivity index (χ0) is 20.4. The Morgan fingerprint density at radius 2 is 1.89 bits per heavy atom. The normalized spacial score (nSPS) is 10.4. The molecule has 0 unspecified atom stereocenters. The van der Waals surface area contributed by atoms with E-state index >= 15 is 0 Å². The minimum absolute atomic E-state index is 0.333. The molecule has 0 atom stereocenters. The Bertz CT molecular complexity index is 866. The van der Waals surface area contributed by atoms with E-state index in [4.69, 9.17) is 9.47 Å². The Labute approximate surface area is 171 Å². The molecule has 0 aliphatic rings. The van der Waals surface area contributed by atoms with Crippen LogP contribution in [0, 0.1) is 0 Å². The smallest absolute Gasteiger partial charge is 0.329 e. The molecule has 2 aromatic rings. The minimum atomic E-state index is -0.895. The predicted molar refractivity (Wildman–Crippen MR) is 112 cm³/mol. The number of nitrogens with one attached hydrogen (secondary N) is 2. The molecular weight excluding hydrogens is 426 g/mol. The van der Waals surface area contributed by atoms with E-state index in [-0.39, 0.29) is 0 Å². The molecule has 0 bridgehead atoms. The number of carbonyl (C=O) groups is 2. The third-order valence-electron chi connectivity index (χ3n) is 3.33. The van der Waals surface area contributed by atoms with Crippen molar-refractivity contribution in [3.8, 4) is 11.5 Å². The van der Waals surface area contributed by atoms with Gasteiger partial charge < -0.3 is 14.8 Å². The summed E-state index contributed by atoms with van der Waals surface area (Å²) in [6, 6.07) is 12.0. The number of carbonyl (C=O) groups excluding carboxylic acids is 2. The third kappa shape index (κ3) is 6.55. The van der Waals surface area contributed by atoms with Crippen LogP contribution in [0.3, 0.4) is 0 Å². The van der Waals surface area contributed by atoms with Gasteiger partial charge in [-0.2, -0.15) is 5.10 Å². The highest BCUT2D eigenvalue weighted by Crippen LogP contribution is 2.21. The Kier molecular flexibility index (Phi) is 8.23. The Morgan fingerprint density at radius 3 is 2.57 bits per heavy atom. The lowest BCUT2D eigenvalue weighted by molar-refractivity contribution is -0.136. The molecule has 2 amide bonds. The van der Waals surface area contributed by atoms with Crippen LogP contribution < -0.4 is 20.2 Å². The maximum atomic E-state index is 12.0. The van der Waals surface area contributed by atoms with Gasteiger partial charge in [0.15, 0.2) is 0 Å². The van der Waals surface area contributed by atoms with E-state index in [1.807, 2.05) is 13.0 Å². The van der Waals surface area contributed by atoms with Crippen molar-refractivity contribution in [1.82, 2.24) is 5.43 Å². The van der Waals surface area contributed by atoms with Gasteiger partial charge in [-0.3, -0.25) is 9.59 Å². The minimum Gasteiger partial charge on any atom is -0.494 e. The number of anilines is 1. The van der Waals surface area contributed by atoms with Gasteiger partial charge in [0.2, 0.25) is 0 Å². The van der Waals surface area contributed by atoms with Crippen molar-refractivity contribution >= 4 is 39.6 Å². The molecule has 28 heavy (non-hydrogen) atoms. The molecule has 2 N–H and O–H groups in total. The Balaban J connectivity index is 1.94. The lowest BCUT2D eigenvalue weighted by Crippen LogP contribution is -2.32. The molecule has 146 valence electrons. The molecule has 2 aromatic carbocycles. The van der Waals surface area contributed by atoms with Gasteiger partial charge in [-0.05, 0) is 49.4 Å². The van der Waals surface area contributed by atoms with E-state index in [0.717, 1.165) is 4.47 Å². The second-order valence-electron chi connectivity index (χ2n) is 5.39. The summed E-state index contributed by atoms with van der Waals surface area (Å²) in [5, 5.41) is 6.30. The number of nitrogens with zero attached hydrogens (tertiary/aromatic N) is 1. The molecule has 0 saturated heterocycles. The first-order chi connectivity index (χ1) is 13.5. The van der Waals surface area contributed by atoms with Crippen LogP contribution in [-0.2, 0) is 9.59 Å². The summed E-state index contributed by atoms with van der Waals surface area (Å²) in [7, 11) is 0. The molecule has 8 heteroatoms. The topological polar surface area (TPSA) is 89.0 Å². The van der Waals surface area contributed by atoms with Crippen molar-refractivity contribution in [2.75, 3.05) is 18.5 Å². The summed E-state index contributed by atoms with van der Waals surface area (Å²) in [6.45, 7) is 6.36. The summed E-state index contributed by atoms with van der Waals surface area (Å²) in [4.78, 5) is 23.9. The first kappa shape index (κ1) is 21.2. The van der Waals surface area contributed by atoms with Gasteiger partial charge in [0, 0.05) is 15.7 Å². The molecule has 7 nitrogen and oxygen atoms in total. The van der Waals surface area contributed by atoms with Crippen molar-refractivity contribution < 1.29 is 19.1 Å². The van der Waals surface area contributed by atoms with Crippen molar-refractivity contribution in [1.29, 1.82) is 0 Å². The molecule has 0 fully saturated rings. The molecule has 0 heterocycles. The maximum Gasteiger partial charge on any atom is 0.329 e. The number of hydrogen-bond donors (Lipinski definition) is 2. The van der Waals surface area contributed by atoms with Crippen molar-refractivity contribution in [3.05, 3.63) is 65.2 Å². The molecule has 0 saturated carbocycles. The number of rotatable bonds is 8. The largest absolute Gasteiger partial charge is 0.494 e. The van der Waals surface area contributed by atoms with E-state index in [1.54, 1.807) is 42.5 Å². The highest BCUT2D eigenvalue weighted by molar-refractivity contribution is 9.10. The van der Waals surface area contributed by atoms with Gasteiger partial charge in [-0.25, -0.2) is 5.43 Å². The standard InChI is InChI=1S/C20H20BrN3O4/c1-3-11-28-18-10-5-15(21)12-14(18)13-22-24-20(26)19(25)23-16-6-8-17(9-7-16)27-4-2/h3,5-10,12-13H,1,4,11H2,2H3,(H,23,25)(H,24,26)/b22-13+. The van der Waals surface area contributed by atoms with Gasteiger partial charge in [0.05, 0.1) is 12.8 Å². The number of amides is 2. The molecule has 0 aliphatic heterocycles. The molecular formula is C20H20BrN3O4. The van der Waals surface area contributed by atoms with E-state index < -0.39 is 11.8 Å². The number of benzene rings is 2. The van der Waals surface area contributed by atoms with Gasteiger partial charge >= 0.3 is 11.8 Å². The van der Waals surface area contributed by atoms with Crippen LogP contribution in [0.2, 0.25) is 0 Å². The summed E-state index contributed by atoms with van der Waals surface area (Å²) in [5.41, 5.74) is 3.29. The predicted octanol–water partition coefficient (Wildman–Crippen LogP) is 3.50. The average molecular weight is 446 g/mol. The Morgan fingerprint density at radius 1 is 1.14 bits per heavy atom. The van der Waals surface area contributed by atoms with Gasteiger partial charge in [0.1, 0.15) is 18.1 Å². The molecule has 0 aromatic heterocycles. The quantitative estimate of drug-likeness (QED) is 0.281. The fraction of sp³-hybridized carbons (Fsp3) is 0.150. The van der Waals surface area contributed by atoms with Crippen molar-refractivity contribution in [2.45, 2.75) is 6.92 Å². The SMILES string of the molecule is C=CCOc1ccc(Br)cc1/C=N/NC(=O)C(=O)Nc1ccc(OCC)cc1. The highest BCUT2D eigenvalue weighted by atomic mass is 79.9. The van der Waals surface area contributed by atoms with E-state index in [0.29, 0.717) is 36.0 Å². The van der Waals surface area contributed by atoms with Crippen LogP contribution >= 0.6 is 15.9 Å². The molecule has 0 spiro atoms. The first-order valence-electron chi connectivity index (χ1n) is 8.44. The summed E-state index contributed by atoms with van der Waals surface area (Å²) in [6.07, 6.45) is 3.02. The lowest BCUT2D eigenvalue weighted by atomic mass is 10.2. The van der Waals surface area contributed by atoms with Crippen LogP contribution in [0.4, 0.5) is 5.69 Å². The monoisotopic (exact) mass is 445 g/mol. The average Bonchev–Trinajstić information content (AvgIpc) is 2.69. The second kappa shape index (κ2) is 10.9. The molecule has 2 rings (SSSR count). The fourth-order valence-corrected chi connectivity index (χ4v) is 2.48. The summed E-state index contributed by atoms with van der Waals surface area (Å²) in [5.74, 6) is -0.481. The number of ether oxygens (including phenoxy) is 2. The fourth-order valence-electron chi connectivity index (χ4n) is 2.10. The van der Waals surface area contributed by atoms with Crippen molar-refractivity contribution in [2.24, 2.45) is 5.10 Å². The lowest BCUT2D eigenvalue weighted by Gasteiger charge is -2.08. The van der Waals surface area contributed by atoms with E-state index in [1.165, 1.54) is 6.21 Å². The van der Waals surface area contributed by atoms with Gasteiger partial charge in [-0.15, -0.1) is 0 Å². The molecule has 0 radical (unpaired) electrons. The Hall–Kier alpha value is -3.13. The summed E-state index contributed by atoms with van der Waals surface area (Å²) < 4.78 is 11.7.